The number of esters is 1. The number of furan rings is 1. The molecule has 4 aromatic rings. The molecule has 1 aliphatic rings. The molecular weight excluding hydrogens is 408 g/mol. The van der Waals surface area contributed by atoms with E-state index < -0.39 is 12.0 Å². The molecule has 0 bridgehead atoms. The zero-order chi connectivity index (χ0) is 21.9. The number of nitrogens with zero attached hydrogens (tertiary/aromatic N) is 2. The van der Waals surface area contributed by atoms with Crippen molar-refractivity contribution in [3.05, 3.63) is 102 Å². The van der Waals surface area contributed by atoms with Crippen LogP contribution < -0.4 is 0 Å². The van der Waals surface area contributed by atoms with Crippen LogP contribution in [0.5, 0.6) is 0 Å². The number of hydrogen-bond acceptors (Lipinski definition) is 6. The van der Waals surface area contributed by atoms with Crippen LogP contribution in [0.1, 0.15) is 27.4 Å². The lowest BCUT2D eigenvalue weighted by atomic mass is 9.93. The quantitative estimate of drug-likeness (QED) is 0.442. The van der Waals surface area contributed by atoms with Gasteiger partial charge in [0.05, 0.1) is 6.26 Å². The molecule has 1 amide bonds. The monoisotopic (exact) mass is 428 g/mol. The van der Waals surface area contributed by atoms with Gasteiger partial charge >= 0.3 is 5.97 Å². The van der Waals surface area contributed by atoms with Crippen molar-refractivity contribution in [1.29, 1.82) is 0 Å². The van der Waals surface area contributed by atoms with Crippen molar-refractivity contribution in [2.24, 2.45) is 0 Å². The van der Waals surface area contributed by atoms with Gasteiger partial charge in [0.1, 0.15) is 24.6 Å². The Morgan fingerprint density at radius 3 is 2.53 bits per heavy atom. The van der Waals surface area contributed by atoms with Crippen molar-refractivity contribution in [3.8, 4) is 11.5 Å². The van der Waals surface area contributed by atoms with Gasteiger partial charge in [0.15, 0.2) is 5.76 Å². The van der Waals surface area contributed by atoms with Crippen LogP contribution in [0.2, 0.25) is 0 Å². The minimum absolute atomic E-state index is 0.0455. The third kappa shape index (κ3) is 3.92. The Kier molecular flexibility index (Phi) is 5.29. The summed E-state index contributed by atoms with van der Waals surface area (Å²) in [6.07, 6.45) is 3.28. The summed E-state index contributed by atoms with van der Waals surface area (Å²) in [5.41, 5.74) is 3.35. The van der Waals surface area contributed by atoms with Crippen LogP contribution in [-0.4, -0.2) is 27.8 Å². The minimum atomic E-state index is -0.761. The van der Waals surface area contributed by atoms with Crippen LogP contribution in [0.4, 0.5) is 0 Å². The summed E-state index contributed by atoms with van der Waals surface area (Å²) < 4.78 is 16.3. The molecule has 7 nitrogen and oxygen atoms in total. The molecule has 1 aliphatic heterocycles. The van der Waals surface area contributed by atoms with Gasteiger partial charge in [0, 0.05) is 18.5 Å². The molecule has 0 saturated heterocycles. The minimum Gasteiger partial charge on any atom is -0.459 e. The number of oxazole rings is 1. The summed E-state index contributed by atoms with van der Waals surface area (Å²) in [5, 5.41) is 0. The first-order chi connectivity index (χ1) is 15.7. The van der Waals surface area contributed by atoms with Crippen molar-refractivity contribution in [2.75, 3.05) is 0 Å². The number of benzene rings is 2. The Bertz CT molecular complexity index is 1230. The second kappa shape index (κ2) is 8.55. The molecule has 0 spiro atoms. The first-order valence-corrected chi connectivity index (χ1v) is 10.3. The van der Waals surface area contributed by atoms with E-state index in [1.165, 1.54) is 17.4 Å². The molecule has 160 valence electrons. The van der Waals surface area contributed by atoms with E-state index >= 15 is 0 Å². The van der Waals surface area contributed by atoms with Gasteiger partial charge in [-0.3, -0.25) is 4.79 Å². The molecule has 2 aromatic carbocycles. The lowest BCUT2D eigenvalue weighted by molar-refractivity contribution is -0.151. The fourth-order valence-corrected chi connectivity index (χ4v) is 3.82. The molecule has 5 rings (SSSR count). The molecule has 1 unspecified atom stereocenters. The smallest absolute Gasteiger partial charge is 0.329 e. The molecule has 1 atom stereocenters. The molecule has 0 aliphatic carbocycles. The summed E-state index contributed by atoms with van der Waals surface area (Å²) in [7, 11) is 0. The van der Waals surface area contributed by atoms with Crippen LogP contribution in [0, 0.1) is 0 Å². The summed E-state index contributed by atoms with van der Waals surface area (Å²) >= 11 is 0. The number of carbonyl (C=O) groups is 2. The standard InChI is InChI=1S/C25H20N2O5/c28-24(22-11-6-12-30-22)27-14-19-10-5-4-9-18(19)13-21(27)25(29)32-16-20-15-31-23(26-20)17-7-2-1-3-8-17/h1-12,15,21H,13-14,16H2. The van der Waals surface area contributed by atoms with E-state index in [1.807, 2.05) is 54.6 Å². The molecule has 3 heterocycles. The maximum atomic E-state index is 13.0. The molecule has 2 aromatic heterocycles. The molecule has 0 radical (unpaired) electrons. The van der Waals surface area contributed by atoms with Crippen LogP contribution in [0.3, 0.4) is 0 Å². The van der Waals surface area contributed by atoms with Gasteiger partial charge in [-0.25, -0.2) is 9.78 Å². The average Bonchev–Trinajstić information content (AvgIpc) is 3.54. The fraction of sp³-hybridized carbons (Fsp3) is 0.160. The fourth-order valence-electron chi connectivity index (χ4n) is 3.82. The van der Waals surface area contributed by atoms with Gasteiger partial charge in [0.25, 0.3) is 5.91 Å². The number of fused-ring (bicyclic) bond motifs is 1. The van der Waals surface area contributed by atoms with Gasteiger partial charge in [-0.05, 0) is 35.4 Å². The lowest BCUT2D eigenvalue weighted by Gasteiger charge is -2.34. The number of carbonyl (C=O) groups excluding carboxylic acids is 2. The van der Waals surface area contributed by atoms with Crippen LogP contribution in [0.25, 0.3) is 11.5 Å². The highest BCUT2D eigenvalue weighted by Gasteiger charge is 2.37. The first kappa shape index (κ1) is 19.8. The topological polar surface area (TPSA) is 85.8 Å². The Morgan fingerprint density at radius 1 is 0.969 bits per heavy atom. The predicted octanol–water partition coefficient (Wildman–Crippen LogP) is 4.25. The van der Waals surface area contributed by atoms with Gasteiger partial charge in [-0.1, -0.05) is 42.5 Å². The highest BCUT2D eigenvalue weighted by molar-refractivity contribution is 5.95. The zero-order valence-corrected chi connectivity index (χ0v) is 17.1. The van der Waals surface area contributed by atoms with Crippen molar-refractivity contribution in [3.63, 3.8) is 0 Å². The maximum Gasteiger partial charge on any atom is 0.329 e. The van der Waals surface area contributed by atoms with Crippen LogP contribution in [-0.2, 0) is 29.1 Å². The van der Waals surface area contributed by atoms with E-state index in [4.69, 9.17) is 13.6 Å². The summed E-state index contributed by atoms with van der Waals surface area (Å²) in [6, 6.07) is 19.7. The van der Waals surface area contributed by atoms with Crippen molar-refractivity contribution < 1.29 is 23.2 Å². The van der Waals surface area contributed by atoms with Crippen molar-refractivity contribution >= 4 is 11.9 Å². The lowest BCUT2D eigenvalue weighted by Crippen LogP contribution is -2.49. The molecule has 0 N–H and O–H groups in total. The third-order valence-corrected chi connectivity index (χ3v) is 5.45. The van der Waals surface area contributed by atoms with E-state index in [9.17, 15) is 9.59 Å². The van der Waals surface area contributed by atoms with E-state index in [0.29, 0.717) is 24.6 Å². The molecule has 7 heteroatoms. The number of aromatic nitrogens is 1. The largest absolute Gasteiger partial charge is 0.459 e. The third-order valence-electron chi connectivity index (χ3n) is 5.45. The van der Waals surface area contributed by atoms with E-state index in [2.05, 4.69) is 4.98 Å². The Hall–Kier alpha value is -4.13. The van der Waals surface area contributed by atoms with Crippen LogP contribution in [0.15, 0.2) is 88.1 Å². The summed E-state index contributed by atoms with van der Waals surface area (Å²) in [4.78, 5) is 31.9. The highest BCUT2D eigenvalue weighted by atomic mass is 16.5. The average molecular weight is 428 g/mol. The van der Waals surface area contributed by atoms with E-state index in [1.54, 1.807) is 12.1 Å². The van der Waals surface area contributed by atoms with Crippen molar-refractivity contribution in [1.82, 2.24) is 9.88 Å². The molecule has 32 heavy (non-hydrogen) atoms. The van der Waals surface area contributed by atoms with Gasteiger partial charge in [-0.2, -0.15) is 0 Å². The number of rotatable bonds is 5. The van der Waals surface area contributed by atoms with E-state index in [-0.39, 0.29) is 18.3 Å². The number of ether oxygens (including phenoxy) is 1. The van der Waals surface area contributed by atoms with Gasteiger partial charge in [-0.15, -0.1) is 0 Å². The Balaban J connectivity index is 1.33. The highest BCUT2D eigenvalue weighted by Crippen LogP contribution is 2.26. The normalized spacial score (nSPS) is 15.2. The number of amides is 1. The second-order valence-corrected chi connectivity index (χ2v) is 7.52. The summed E-state index contributed by atoms with van der Waals surface area (Å²) in [6.45, 7) is 0.258. The molecule has 0 saturated carbocycles. The van der Waals surface area contributed by atoms with Gasteiger partial charge in [0.2, 0.25) is 5.89 Å². The van der Waals surface area contributed by atoms with Crippen molar-refractivity contribution in [2.45, 2.75) is 25.6 Å². The number of hydrogen-bond donors (Lipinski definition) is 0. The van der Waals surface area contributed by atoms with Crippen LogP contribution >= 0.6 is 0 Å². The Morgan fingerprint density at radius 2 is 1.75 bits per heavy atom. The van der Waals surface area contributed by atoms with Gasteiger partial charge < -0.3 is 18.5 Å². The first-order valence-electron chi connectivity index (χ1n) is 10.3. The second-order valence-electron chi connectivity index (χ2n) is 7.52. The zero-order valence-electron chi connectivity index (χ0n) is 17.1. The maximum absolute atomic E-state index is 13.0. The molecule has 0 fully saturated rings. The Labute approximate surface area is 184 Å². The summed E-state index contributed by atoms with van der Waals surface area (Å²) in [5.74, 6) is -0.202. The molecular formula is C25H20N2O5. The predicted molar refractivity (Wildman–Crippen MR) is 114 cm³/mol. The SMILES string of the molecule is O=C(OCc1coc(-c2ccccc2)n1)C1Cc2ccccc2CN1C(=O)c1ccco1. The van der Waals surface area contributed by atoms with E-state index in [0.717, 1.165) is 16.7 Å².